The molecule has 3 heterocycles. The minimum Gasteiger partial charge on any atom is -0.469 e. The van der Waals surface area contributed by atoms with Gasteiger partial charge in [0.05, 0.1) is 29.9 Å². The first-order valence-electron chi connectivity index (χ1n) is 12.3. The first-order chi connectivity index (χ1) is 17.0. The molecule has 8 nitrogen and oxygen atoms in total. The molecule has 0 unspecified atom stereocenters. The topological polar surface area (TPSA) is 86.8 Å². The largest absolute Gasteiger partial charge is 0.469 e. The Morgan fingerprint density at radius 2 is 1.89 bits per heavy atom. The molecule has 1 aromatic heterocycles. The lowest BCUT2D eigenvalue weighted by atomic mass is 9.98. The summed E-state index contributed by atoms with van der Waals surface area (Å²) in [6, 6.07) is 8.02. The molecule has 2 aliphatic heterocycles. The van der Waals surface area contributed by atoms with Crippen LogP contribution in [0, 0.1) is 0 Å². The number of carbonyl (C=O) groups is 2. The Balaban J connectivity index is 1.29. The van der Waals surface area contributed by atoms with E-state index in [1.54, 1.807) is 11.3 Å². The highest BCUT2D eigenvalue weighted by Gasteiger charge is 2.25. The van der Waals surface area contributed by atoms with Gasteiger partial charge in [-0.25, -0.2) is 4.98 Å². The van der Waals surface area contributed by atoms with E-state index >= 15 is 0 Å². The van der Waals surface area contributed by atoms with Crippen LogP contribution in [-0.2, 0) is 9.53 Å². The molecule has 0 atom stereocenters. The molecular weight excluding hydrogens is 482 g/mol. The standard InChI is InChI=1S/C25H33N5O3S2/c1-33-22(31)9-12-26-25(34)30-15-10-18(11-16-30)24-28-20(17-35-24)23(32)27-19-7-3-4-8-21(19)29-13-5-2-6-14-29/h3-4,7-8,17-18H,2,5-6,9-16H2,1H3,(H,26,34)(H,27,32). The number of thiocarbonyl (C=S) groups is 1. The van der Waals surface area contributed by atoms with Crippen LogP contribution in [0.5, 0.6) is 0 Å². The number of methoxy groups -OCH3 is 1. The predicted molar refractivity (Wildman–Crippen MR) is 143 cm³/mol. The van der Waals surface area contributed by atoms with Crippen LogP contribution >= 0.6 is 23.6 Å². The zero-order chi connectivity index (χ0) is 24.6. The van der Waals surface area contributed by atoms with Gasteiger partial charge < -0.3 is 25.2 Å². The molecule has 188 valence electrons. The molecule has 2 saturated heterocycles. The van der Waals surface area contributed by atoms with E-state index in [1.165, 1.54) is 26.4 Å². The second-order valence-corrected chi connectivity index (χ2v) is 10.2. The number of anilines is 2. The second-order valence-electron chi connectivity index (χ2n) is 8.91. The van der Waals surface area contributed by atoms with Gasteiger partial charge in [-0.05, 0) is 56.5 Å². The number of nitrogens with one attached hydrogen (secondary N) is 2. The van der Waals surface area contributed by atoms with E-state index in [-0.39, 0.29) is 11.9 Å². The van der Waals surface area contributed by atoms with Gasteiger partial charge in [-0.2, -0.15) is 0 Å². The highest BCUT2D eigenvalue weighted by atomic mass is 32.1. The van der Waals surface area contributed by atoms with Crippen LogP contribution in [0.4, 0.5) is 11.4 Å². The summed E-state index contributed by atoms with van der Waals surface area (Å²) < 4.78 is 4.65. The Morgan fingerprint density at radius 1 is 1.14 bits per heavy atom. The highest BCUT2D eigenvalue weighted by molar-refractivity contribution is 7.80. The third-order valence-electron chi connectivity index (χ3n) is 6.57. The second kappa shape index (κ2) is 12.3. The number of piperidine rings is 2. The number of carbonyl (C=O) groups excluding carboxylic acids is 2. The predicted octanol–water partition coefficient (Wildman–Crippen LogP) is 4.00. The Hall–Kier alpha value is -2.72. The van der Waals surface area contributed by atoms with E-state index in [1.807, 2.05) is 23.6 Å². The van der Waals surface area contributed by atoms with E-state index in [2.05, 4.69) is 31.2 Å². The number of likely N-dealkylation sites (tertiary alicyclic amines) is 1. The summed E-state index contributed by atoms with van der Waals surface area (Å²) in [7, 11) is 1.38. The monoisotopic (exact) mass is 515 g/mol. The molecule has 2 N–H and O–H groups in total. The lowest BCUT2D eigenvalue weighted by molar-refractivity contribution is -0.140. The maximum atomic E-state index is 13.0. The summed E-state index contributed by atoms with van der Waals surface area (Å²) in [5.74, 6) is -0.0979. The number of esters is 1. The number of para-hydroxylation sites is 2. The van der Waals surface area contributed by atoms with Crippen LogP contribution in [0.25, 0.3) is 0 Å². The van der Waals surface area contributed by atoms with Gasteiger partial charge in [-0.3, -0.25) is 9.59 Å². The molecule has 2 aromatic rings. The van der Waals surface area contributed by atoms with Crippen LogP contribution in [0.3, 0.4) is 0 Å². The molecule has 0 bridgehead atoms. The van der Waals surface area contributed by atoms with Gasteiger partial charge in [0.15, 0.2) is 5.11 Å². The van der Waals surface area contributed by atoms with Gasteiger partial charge in [0.2, 0.25) is 0 Å². The van der Waals surface area contributed by atoms with Crippen LogP contribution in [0.1, 0.15) is 59.9 Å². The van der Waals surface area contributed by atoms with Crippen molar-refractivity contribution in [1.29, 1.82) is 0 Å². The Morgan fingerprint density at radius 3 is 2.63 bits per heavy atom. The van der Waals surface area contributed by atoms with Crippen molar-refractivity contribution >= 4 is 51.9 Å². The van der Waals surface area contributed by atoms with Crippen molar-refractivity contribution in [3.8, 4) is 0 Å². The molecule has 0 saturated carbocycles. The van der Waals surface area contributed by atoms with E-state index in [0.717, 1.165) is 55.4 Å². The van der Waals surface area contributed by atoms with Crippen molar-refractivity contribution in [2.75, 3.05) is 50.1 Å². The minimum absolute atomic E-state index is 0.162. The van der Waals surface area contributed by atoms with Gasteiger partial charge in [0.25, 0.3) is 5.91 Å². The average molecular weight is 516 g/mol. The van der Waals surface area contributed by atoms with Gasteiger partial charge in [-0.15, -0.1) is 11.3 Å². The maximum absolute atomic E-state index is 13.0. The Kier molecular flexibility index (Phi) is 8.92. The fourth-order valence-corrected chi connectivity index (χ4v) is 5.83. The maximum Gasteiger partial charge on any atom is 0.307 e. The summed E-state index contributed by atoms with van der Waals surface area (Å²) in [6.45, 7) is 4.16. The molecular formula is C25H33N5O3S2. The van der Waals surface area contributed by atoms with E-state index in [9.17, 15) is 9.59 Å². The minimum atomic E-state index is -0.252. The summed E-state index contributed by atoms with van der Waals surface area (Å²) in [5, 5.41) is 9.75. The first-order valence-corrected chi connectivity index (χ1v) is 13.5. The van der Waals surface area contributed by atoms with Crippen LogP contribution in [-0.4, -0.2) is 66.7 Å². The quantitative estimate of drug-likeness (QED) is 0.423. The lowest BCUT2D eigenvalue weighted by Gasteiger charge is -2.33. The SMILES string of the molecule is COC(=O)CCNC(=S)N1CCC(c2nc(C(=O)Nc3ccccc3N3CCCCC3)cs2)CC1. The number of thiazole rings is 1. The van der Waals surface area contributed by atoms with E-state index in [0.29, 0.717) is 29.7 Å². The zero-order valence-corrected chi connectivity index (χ0v) is 21.8. The number of hydrogen-bond donors (Lipinski definition) is 2. The van der Waals surface area contributed by atoms with Crippen LogP contribution in [0.15, 0.2) is 29.6 Å². The third-order valence-corrected chi connectivity index (χ3v) is 7.98. The van der Waals surface area contributed by atoms with Crippen LogP contribution < -0.4 is 15.5 Å². The Bertz CT molecular complexity index is 1030. The number of hydrogen-bond acceptors (Lipinski definition) is 7. The molecule has 0 spiro atoms. The van der Waals surface area contributed by atoms with E-state index in [4.69, 9.17) is 17.2 Å². The Labute approximate surface area is 216 Å². The molecule has 35 heavy (non-hydrogen) atoms. The van der Waals surface area contributed by atoms with Crippen molar-refractivity contribution in [2.45, 2.75) is 44.4 Å². The molecule has 10 heteroatoms. The summed E-state index contributed by atoms with van der Waals surface area (Å²) in [4.78, 5) is 33.4. The summed E-state index contributed by atoms with van der Waals surface area (Å²) in [5.41, 5.74) is 2.40. The van der Waals surface area contributed by atoms with Gasteiger partial charge in [0.1, 0.15) is 5.69 Å². The van der Waals surface area contributed by atoms with Crippen molar-refractivity contribution in [3.63, 3.8) is 0 Å². The molecule has 1 aromatic carbocycles. The van der Waals surface area contributed by atoms with Crippen molar-refractivity contribution in [2.24, 2.45) is 0 Å². The van der Waals surface area contributed by atoms with Crippen molar-refractivity contribution in [3.05, 3.63) is 40.3 Å². The van der Waals surface area contributed by atoms with Crippen LogP contribution in [0.2, 0.25) is 0 Å². The van der Waals surface area contributed by atoms with E-state index < -0.39 is 0 Å². The molecule has 1 amide bonds. The third kappa shape index (κ3) is 6.70. The number of amides is 1. The molecule has 2 aliphatic rings. The molecule has 4 rings (SSSR count). The normalized spacial score (nSPS) is 16.6. The fraction of sp³-hybridized carbons (Fsp3) is 0.520. The number of rotatable bonds is 7. The smallest absolute Gasteiger partial charge is 0.307 e. The fourth-order valence-electron chi connectivity index (χ4n) is 4.57. The first kappa shape index (κ1) is 25.4. The highest BCUT2D eigenvalue weighted by Crippen LogP contribution is 2.32. The van der Waals surface area contributed by atoms with Gasteiger partial charge in [0, 0.05) is 44.0 Å². The zero-order valence-electron chi connectivity index (χ0n) is 20.1. The number of aromatic nitrogens is 1. The number of nitrogens with zero attached hydrogens (tertiary/aromatic N) is 3. The molecule has 0 radical (unpaired) electrons. The average Bonchev–Trinajstić information content (AvgIpc) is 3.40. The summed E-state index contributed by atoms with van der Waals surface area (Å²) in [6.07, 6.45) is 5.77. The summed E-state index contributed by atoms with van der Waals surface area (Å²) >= 11 is 7.02. The number of ether oxygens (including phenoxy) is 1. The van der Waals surface area contributed by atoms with Crippen molar-refractivity contribution in [1.82, 2.24) is 15.2 Å². The molecule has 0 aliphatic carbocycles. The number of benzene rings is 1. The van der Waals surface area contributed by atoms with Crippen molar-refractivity contribution < 1.29 is 14.3 Å². The lowest BCUT2D eigenvalue weighted by Crippen LogP contribution is -2.44. The van der Waals surface area contributed by atoms with Gasteiger partial charge in [-0.1, -0.05) is 12.1 Å². The molecule has 2 fully saturated rings. The van der Waals surface area contributed by atoms with Gasteiger partial charge >= 0.3 is 5.97 Å².